The number of carbonyl (C=O) groups excluding carboxylic acids is 2. The topological polar surface area (TPSA) is 172 Å². The number of rotatable bonds is 17. The Morgan fingerprint density at radius 1 is 0.931 bits per heavy atom. The van der Waals surface area contributed by atoms with Crippen LogP contribution >= 0.6 is 7.82 Å². The highest BCUT2D eigenvalue weighted by Gasteiger charge is 2.27. The molecular weight excluding hydrogens is 409 g/mol. The second-order valence-corrected chi connectivity index (χ2v) is 7.81. The van der Waals surface area contributed by atoms with Gasteiger partial charge >= 0.3 is 25.7 Å². The van der Waals surface area contributed by atoms with Crippen molar-refractivity contribution in [2.45, 2.75) is 70.9 Å². The van der Waals surface area contributed by atoms with Gasteiger partial charge in [-0.25, -0.2) is 4.57 Å². The average molecular weight is 441 g/mol. The minimum Gasteiger partial charge on any atom is -0.480 e. The zero-order valence-electron chi connectivity index (χ0n) is 16.9. The molecule has 0 saturated heterocycles. The van der Waals surface area contributed by atoms with E-state index in [4.69, 9.17) is 24.8 Å². The van der Waals surface area contributed by atoms with Gasteiger partial charge in [-0.05, 0) is 12.8 Å². The van der Waals surface area contributed by atoms with Crippen molar-refractivity contribution in [3.05, 3.63) is 0 Å². The molecule has 4 N–H and O–H groups in total. The van der Waals surface area contributed by atoms with Crippen LogP contribution in [0.5, 0.6) is 0 Å². The first-order valence-electron chi connectivity index (χ1n) is 9.56. The molecule has 0 aliphatic carbocycles. The Hall–Kier alpha value is -1.52. The summed E-state index contributed by atoms with van der Waals surface area (Å²) in [6, 6.07) is -1.51. The molecule has 0 rings (SSSR count). The summed E-state index contributed by atoms with van der Waals surface area (Å²) in [5.41, 5.74) is 5.18. The highest BCUT2D eigenvalue weighted by atomic mass is 31.2. The van der Waals surface area contributed by atoms with E-state index in [0.717, 1.165) is 19.3 Å². The maximum Gasteiger partial charge on any atom is 0.472 e. The lowest BCUT2D eigenvalue weighted by molar-refractivity contribution is -0.161. The van der Waals surface area contributed by atoms with Crippen molar-refractivity contribution in [3.63, 3.8) is 0 Å². The Kier molecular flexibility index (Phi) is 14.5. The molecule has 170 valence electrons. The molecule has 0 saturated carbocycles. The van der Waals surface area contributed by atoms with Crippen LogP contribution in [0.2, 0.25) is 0 Å². The van der Waals surface area contributed by atoms with Gasteiger partial charge in [0.15, 0.2) is 6.10 Å². The molecule has 1 unspecified atom stereocenters. The van der Waals surface area contributed by atoms with Crippen molar-refractivity contribution in [1.82, 2.24) is 0 Å². The summed E-state index contributed by atoms with van der Waals surface area (Å²) in [7, 11) is -4.65. The van der Waals surface area contributed by atoms with Gasteiger partial charge in [-0.3, -0.25) is 23.4 Å². The molecule has 3 atom stereocenters. The number of carboxylic acids is 1. The van der Waals surface area contributed by atoms with Gasteiger partial charge < -0.3 is 25.2 Å². The Bertz CT molecular complexity index is 556. The lowest BCUT2D eigenvalue weighted by atomic mass is 10.2. The fraction of sp³-hybridized carbons (Fsp3) is 0.824. The minimum absolute atomic E-state index is 0.113. The van der Waals surface area contributed by atoms with E-state index in [1.54, 1.807) is 6.92 Å². The first-order valence-corrected chi connectivity index (χ1v) is 11.1. The number of phosphoric ester groups is 1. The number of ether oxygens (including phenoxy) is 2. The third kappa shape index (κ3) is 15.0. The van der Waals surface area contributed by atoms with E-state index in [0.29, 0.717) is 12.8 Å². The first-order chi connectivity index (χ1) is 13.6. The summed E-state index contributed by atoms with van der Waals surface area (Å²) in [6.45, 7) is 2.12. The highest BCUT2D eigenvalue weighted by molar-refractivity contribution is 7.47. The molecule has 0 aromatic heterocycles. The molecular formula is C17H32NO10P. The number of nitrogens with two attached hydrogens (primary N) is 1. The second-order valence-electron chi connectivity index (χ2n) is 6.36. The van der Waals surface area contributed by atoms with Crippen molar-refractivity contribution in [1.29, 1.82) is 0 Å². The Morgan fingerprint density at radius 2 is 1.59 bits per heavy atom. The van der Waals surface area contributed by atoms with Crippen LogP contribution in [0.4, 0.5) is 0 Å². The lowest BCUT2D eigenvalue weighted by Crippen LogP contribution is -2.34. The lowest BCUT2D eigenvalue weighted by Gasteiger charge is -2.20. The largest absolute Gasteiger partial charge is 0.480 e. The fourth-order valence-electron chi connectivity index (χ4n) is 1.98. The normalized spacial score (nSPS) is 15.2. The van der Waals surface area contributed by atoms with Gasteiger partial charge in [0.2, 0.25) is 0 Å². The van der Waals surface area contributed by atoms with Gasteiger partial charge in [0.1, 0.15) is 12.6 Å². The number of carboxylic acid groups (broad SMARTS) is 1. The van der Waals surface area contributed by atoms with Gasteiger partial charge in [-0.2, -0.15) is 0 Å². The van der Waals surface area contributed by atoms with Gasteiger partial charge in [-0.1, -0.05) is 33.1 Å². The van der Waals surface area contributed by atoms with Crippen LogP contribution in [0.15, 0.2) is 0 Å². The SMILES string of the molecule is CCCCCCC(=O)OC[C@@H](COP(=O)(O)OC[C@@H](N)C(=O)O)OC(=O)CCC. The average Bonchev–Trinajstić information content (AvgIpc) is 2.65. The predicted molar refractivity (Wildman–Crippen MR) is 102 cm³/mol. The van der Waals surface area contributed by atoms with E-state index < -0.39 is 51.1 Å². The van der Waals surface area contributed by atoms with E-state index in [-0.39, 0.29) is 19.4 Å². The highest BCUT2D eigenvalue weighted by Crippen LogP contribution is 2.43. The van der Waals surface area contributed by atoms with Gasteiger partial charge in [-0.15, -0.1) is 0 Å². The minimum atomic E-state index is -4.65. The summed E-state index contributed by atoms with van der Waals surface area (Å²) < 4.78 is 31.2. The maximum absolute atomic E-state index is 11.8. The van der Waals surface area contributed by atoms with Gasteiger partial charge in [0, 0.05) is 12.8 Å². The van der Waals surface area contributed by atoms with Crippen molar-refractivity contribution in [3.8, 4) is 0 Å². The molecule has 0 aliphatic heterocycles. The molecule has 0 bridgehead atoms. The Labute approximate surface area is 170 Å². The number of carbonyl (C=O) groups is 3. The van der Waals surface area contributed by atoms with Crippen molar-refractivity contribution in [2.75, 3.05) is 19.8 Å². The van der Waals surface area contributed by atoms with Gasteiger partial charge in [0.05, 0.1) is 13.2 Å². The number of hydrogen-bond donors (Lipinski definition) is 3. The van der Waals surface area contributed by atoms with Crippen molar-refractivity contribution < 1.29 is 47.5 Å². The van der Waals surface area contributed by atoms with E-state index in [9.17, 15) is 23.8 Å². The molecule has 12 heteroatoms. The number of esters is 2. The number of phosphoric acid groups is 1. The van der Waals surface area contributed by atoms with Crippen LogP contribution in [0, 0.1) is 0 Å². The quantitative estimate of drug-likeness (QED) is 0.170. The van der Waals surface area contributed by atoms with Crippen LogP contribution in [0.3, 0.4) is 0 Å². The predicted octanol–water partition coefficient (Wildman–Crippen LogP) is 1.76. The molecule has 0 aromatic rings. The van der Waals surface area contributed by atoms with E-state index in [2.05, 4.69) is 4.52 Å². The monoisotopic (exact) mass is 441 g/mol. The molecule has 11 nitrogen and oxygen atoms in total. The Morgan fingerprint density at radius 3 is 2.17 bits per heavy atom. The Balaban J connectivity index is 4.58. The van der Waals surface area contributed by atoms with Crippen LogP contribution in [0.1, 0.15) is 58.8 Å². The van der Waals surface area contributed by atoms with Crippen LogP contribution in [-0.4, -0.2) is 59.9 Å². The number of aliphatic carboxylic acids is 1. The molecule has 0 aliphatic rings. The molecule has 0 aromatic carbocycles. The van der Waals surface area contributed by atoms with E-state index in [1.807, 2.05) is 6.92 Å². The molecule has 29 heavy (non-hydrogen) atoms. The molecule has 0 heterocycles. The number of hydrogen-bond acceptors (Lipinski definition) is 9. The van der Waals surface area contributed by atoms with Crippen LogP contribution in [-0.2, 0) is 37.5 Å². The van der Waals surface area contributed by atoms with Crippen LogP contribution < -0.4 is 5.73 Å². The summed E-state index contributed by atoms with van der Waals surface area (Å²) in [5.74, 6) is -2.47. The smallest absolute Gasteiger partial charge is 0.472 e. The zero-order chi connectivity index (χ0) is 22.3. The molecule has 0 radical (unpaired) electrons. The number of unbranched alkanes of at least 4 members (excludes halogenated alkanes) is 3. The van der Waals surface area contributed by atoms with Gasteiger partial charge in [0.25, 0.3) is 0 Å². The summed E-state index contributed by atoms with van der Waals surface area (Å²) in [5, 5.41) is 8.64. The zero-order valence-corrected chi connectivity index (χ0v) is 17.8. The van der Waals surface area contributed by atoms with E-state index in [1.165, 1.54) is 0 Å². The summed E-state index contributed by atoms with van der Waals surface area (Å²) >= 11 is 0. The van der Waals surface area contributed by atoms with Crippen LogP contribution in [0.25, 0.3) is 0 Å². The van der Waals surface area contributed by atoms with Crippen molar-refractivity contribution in [2.24, 2.45) is 5.73 Å². The molecule has 0 spiro atoms. The standard InChI is InChI=1S/C17H32NO10P/c1-3-5-6-7-9-15(19)25-10-13(28-16(20)8-4-2)11-26-29(23,24)27-12-14(18)17(21)22/h13-14H,3-12,18H2,1-2H3,(H,21,22)(H,23,24)/t13-,14+/m0/s1. The fourth-order valence-corrected chi connectivity index (χ4v) is 2.76. The maximum atomic E-state index is 11.8. The summed E-state index contributed by atoms with van der Waals surface area (Å²) in [6.07, 6.45) is 3.34. The molecule has 0 amide bonds. The first kappa shape index (κ1) is 27.5. The third-order valence-electron chi connectivity index (χ3n) is 3.57. The van der Waals surface area contributed by atoms with E-state index >= 15 is 0 Å². The van der Waals surface area contributed by atoms with Crippen molar-refractivity contribution >= 4 is 25.7 Å². The third-order valence-corrected chi connectivity index (χ3v) is 4.53. The second kappa shape index (κ2) is 15.3. The molecule has 0 fully saturated rings. The summed E-state index contributed by atoms with van der Waals surface area (Å²) in [4.78, 5) is 43.6.